The summed E-state index contributed by atoms with van der Waals surface area (Å²) >= 11 is 0. The number of nitrogens with zero attached hydrogens (tertiary/aromatic N) is 1. The Balaban J connectivity index is 2.45. The average molecular weight is 206 g/mol. The molecule has 1 atom stereocenters. The highest BCUT2D eigenvalue weighted by molar-refractivity contribution is 5.11. The minimum absolute atomic E-state index is 0.264. The largest absolute Gasteiger partial charge is 0.390 e. The zero-order chi connectivity index (χ0) is 10.8. The number of aromatic nitrogens is 1. The molecule has 0 amide bonds. The highest BCUT2D eigenvalue weighted by Gasteiger charge is 2.30. The Morgan fingerprint density at radius 3 is 2.57 bits per heavy atom. The maximum absolute atomic E-state index is 11.9. The second kappa shape index (κ2) is 4.04. The van der Waals surface area contributed by atoms with Gasteiger partial charge in [-0.15, -0.1) is 0 Å². The van der Waals surface area contributed by atoms with Crippen LogP contribution in [0.1, 0.15) is 12.0 Å². The van der Waals surface area contributed by atoms with Crippen LogP contribution < -0.4 is 5.73 Å². The second-order valence-electron chi connectivity index (χ2n) is 3.47. The Morgan fingerprint density at radius 2 is 2.14 bits per heavy atom. The Morgan fingerprint density at radius 1 is 1.50 bits per heavy atom. The maximum atomic E-state index is 11.9. The van der Waals surface area contributed by atoms with E-state index in [0.29, 0.717) is 0 Å². The predicted molar refractivity (Wildman–Crippen MR) is 47.8 cm³/mol. The molecule has 80 valence electrons. The summed E-state index contributed by atoms with van der Waals surface area (Å²) in [5, 5.41) is 0. The predicted octanol–water partition coefficient (Wildman–Crippen LogP) is 1.85. The summed E-state index contributed by atoms with van der Waals surface area (Å²) in [6.45, 7) is 0. The van der Waals surface area contributed by atoms with Crippen molar-refractivity contribution in [1.29, 1.82) is 0 Å². The standard InChI is InChI=1S/C9H13F3N2/c1-14-3-2-7(6-14)4-8(13)5-9(10,11)12/h2-3,6,8H,4-5,13H2,1H3. The van der Waals surface area contributed by atoms with Crippen molar-refractivity contribution in [3.8, 4) is 0 Å². The van der Waals surface area contributed by atoms with Crippen LogP contribution in [0.4, 0.5) is 13.2 Å². The van der Waals surface area contributed by atoms with E-state index in [4.69, 9.17) is 5.73 Å². The minimum Gasteiger partial charge on any atom is -0.357 e. The third kappa shape index (κ3) is 3.83. The topological polar surface area (TPSA) is 30.9 Å². The van der Waals surface area contributed by atoms with Crippen LogP contribution in [0.3, 0.4) is 0 Å². The van der Waals surface area contributed by atoms with Gasteiger partial charge in [-0.05, 0) is 18.1 Å². The molecule has 5 heteroatoms. The van der Waals surface area contributed by atoms with Gasteiger partial charge in [0.25, 0.3) is 0 Å². The van der Waals surface area contributed by atoms with Crippen molar-refractivity contribution in [2.24, 2.45) is 12.8 Å². The van der Waals surface area contributed by atoms with E-state index < -0.39 is 18.6 Å². The van der Waals surface area contributed by atoms with Crippen LogP contribution in [0.2, 0.25) is 0 Å². The summed E-state index contributed by atoms with van der Waals surface area (Å²) in [6.07, 6.45) is -1.28. The lowest BCUT2D eigenvalue weighted by Gasteiger charge is -2.12. The van der Waals surface area contributed by atoms with Gasteiger partial charge in [0, 0.05) is 25.5 Å². The zero-order valence-electron chi connectivity index (χ0n) is 7.88. The molecule has 14 heavy (non-hydrogen) atoms. The number of hydrogen-bond acceptors (Lipinski definition) is 1. The molecule has 0 aliphatic rings. The molecule has 1 aromatic rings. The third-order valence-corrected chi connectivity index (χ3v) is 1.88. The molecule has 0 spiro atoms. The molecule has 2 nitrogen and oxygen atoms in total. The molecule has 1 rings (SSSR count). The van der Waals surface area contributed by atoms with E-state index in [9.17, 15) is 13.2 Å². The smallest absolute Gasteiger partial charge is 0.357 e. The van der Waals surface area contributed by atoms with Crippen LogP contribution in [-0.2, 0) is 13.5 Å². The molecule has 0 aliphatic carbocycles. The van der Waals surface area contributed by atoms with Crippen molar-refractivity contribution in [1.82, 2.24) is 4.57 Å². The highest BCUT2D eigenvalue weighted by Crippen LogP contribution is 2.22. The van der Waals surface area contributed by atoms with Crippen LogP contribution in [0, 0.1) is 0 Å². The average Bonchev–Trinajstić information content (AvgIpc) is 2.30. The maximum Gasteiger partial charge on any atom is 0.390 e. The van der Waals surface area contributed by atoms with Gasteiger partial charge in [-0.3, -0.25) is 0 Å². The monoisotopic (exact) mass is 206 g/mol. The lowest BCUT2D eigenvalue weighted by molar-refractivity contribution is -0.138. The summed E-state index contributed by atoms with van der Waals surface area (Å²) in [7, 11) is 1.82. The van der Waals surface area contributed by atoms with Crippen molar-refractivity contribution in [2.45, 2.75) is 25.1 Å². The van der Waals surface area contributed by atoms with Crippen LogP contribution in [0.5, 0.6) is 0 Å². The van der Waals surface area contributed by atoms with Gasteiger partial charge in [-0.25, -0.2) is 0 Å². The van der Waals surface area contributed by atoms with E-state index in [0.717, 1.165) is 5.56 Å². The Hall–Kier alpha value is -0.970. The summed E-state index contributed by atoms with van der Waals surface area (Å²) in [4.78, 5) is 0. The van der Waals surface area contributed by atoms with Gasteiger partial charge < -0.3 is 10.3 Å². The molecule has 2 N–H and O–H groups in total. The number of halogens is 3. The van der Waals surface area contributed by atoms with Gasteiger partial charge in [0.1, 0.15) is 0 Å². The quantitative estimate of drug-likeness (QED) is 0.803. The first-order valence-corrected chi connectivity index (χ1v) is 4.30. The fraction of sp³-hybridized carbons (Fsp3) is 0.556. The number of alkyl halides is 3. The van der Waals surface area contributed by atoms with Gasteiger partial charge in [-0.1, -0.05) is 0 Å². The number of rotatable bonds is 3. The van der Waals surface area contributed by atoms with Gasteiger partial charge in [0.15, 0.2) is 0 Å². The molecule has 1 aromatic heterocycles. The molecule has 0 saturated carbocycles. The van der Waals surface area contributed by atoms with Gasteiger partial charge in [-0.2, -0.15) is 13.2 Å². The van der Waals surface area contributed by atoms with Crippen LogP contribution in [0.25, 0.3) is 0 Å². The Labute approximate surface area is 80.5 Å². The van der Waals surface area contributed by atoms with Crippen molar-refractivity contribution in [2.75, 3.05) is 0 Å². The molecule has 0 saturated heterocycles. The van der Waals surface area contributed by atoms with E-state index in [1.807, 2.05) is 7.05 Å². The van der Waals surface area contributed by atoms with E-state index >= 15 is 0 Å². The number of hydrogen-bond donors (Lipinski definition) is 1. The lowest BCUT2D eigenvalue weighted by atomic mass is 10.1. The number of nitrogens with two attached hydrogens (primary N) is 1. The van der Waals surface area contributed by atoms with E-state index in [-0.39, 0.29) is 6.42 Å². The molecule has 1 unspecified atom stereocenters. The molecule has 1 heterocycles. The first-order chi connectivity index (χ1) is 6.37. The molecule has 0 bridgehead atoms. The van der Waals surface area contributed by atoms with Crippen LogP contribution in [-0.4, -0.2) is 16.8 Å². The second-order valence-corrected chi connectivity index (χ2v) is 3.47. The molecule has 0 radical (unpaired) electrons. The SMILES string of the molecule is Cn1ccc(CC(N)CC(F)(F)F)c1. The lowest BCUT2D eigenvalue weighted by Crippen LogP contribution is -2.29. The Bertz CT molecular complexity index is 290. The molecule has 0 fully saturated rings. The van der Waals surface area contributed by atoms with Gasteiger partial charge in [0.05, 0.1) is 6.42 Å². The molecular formula is C9H13F3N2. The van der Waals surface area contributed by atoms with Crippen LogP contribution >= 0.6 is 0 Å². The zero-order valence-corrected chi connectivity index (χ0v) is 7.88. The van der Waals surface area contributed by atoms with Crippen molar-refractivity contribution >= 4 is 0 Å². The van der Waals surface area contributed by atoms with Crippen molar-refractivity contribution < 1.29 is 13.2 Å². The first kappa shape index (κ1) is 11.1. The summed E-state index contributed by atoms with van der Waals surface area (Å²) in [6, 6.07) is 0.924. The van der Waals surface area contributed by atoms with Crippen LogP contribution in [0.15, 0.2) is 18.5 Å². The molecule has 0 aromatic carbocycles. The summed E-state index contributed by atoms with van der Waals surface area (Å²) in [5.41, 5.74) is 6.21. The van der Waals surface area contributed by atoms with E-state index in [1.54, 1.807) is 23.0 Å². The van der Waals surface area contributed by atoms with Crippen molar-refractivity contribution in [3.63, 3.8) is 0 Å². The minimum atomic E-state index is -4.17. The van der Waals surface area contributed by atoms with E-state index in [2.05, 4.69) is 0 Å². The normalized spacial score (nSPS) is 14.4. The Kier molecular flexibility index (Phi) is 3.21. The summed E-state index contributed by atoms with van der Waals surface area (Å²) < 4.78 is 37.6. The fourth-order valence-corrected chi connectivity index (χ4v) is 1.35. The first-order valence-electron chi connectivity index (χ1n) is 4.30. The summed E-state index contributed by atoms with van der Waals surface area (Å²) in [5.74, 6) is 0. The fourth-order valence-electron chi connectivity index (χ4n) is 1.35. The highest BCUT2D eigenvalue weighted by atomic mass is 19.4. The van der Waals surface area contributed by atoms with Gasteiger partial charge in [0.2, 0.25) is 0 Å². The van der Waals surface area contributed by atoms with E-state index in [1.165, 1.54) is 0 Å². The van der Waals surface area contributed by atoms with Gasteiger partial charge >= 0.3 is 6.18 Å². The third-order valence-electron chi connectivity index (χ3n) is 1.88. The molecular weight excluding hydrogens is 193 g/mol. The van der Waals surface area contributed by atoms with Crippen molar-refractivity contribution in [3.05, 3.63) is 24.0 Å². The number of aryl methyl sites for hydroxylation is 1. The molecule has 0 aliphatic heterocycles.